The number of carbonyl (C=O) groups excluding carboxylic acids is 1. The maximum absolute atomic E-state index is 12.6. The van der Waals surface area contributed by atoms with Gasteiger partial charge in [-0.1, -0.05) is 182 Å². The Morgan fingerprint density at radius 3 is 1.11 bits per heavy atom. The molecule has 0 saturated carbocycles. The SMILES string of the molecule is CCCCCCCCCCCCCCCC(CCCCCCCC)COC(=O)C(C)CCCCCCC. The summed E-state index contributed by atoms with van der Waals surface area (Å²) in [7, 11) is 0. The molecule has 0 spiro atoms. The van der Waals surface area contributed by atoms with Gasteiger partial charge in [-0.2, -0.15) is 0 Å². The smallest absolute Gasteiger partial charge is 0.308 e. The molecule has 0 radical (unpaired) electrons. The lowest BCUT2D eigenvalue weighted by molar-refractivity contribution is -0.149. The minimum absolute atomic E-state index is 0.0498. The zero-order chi connectivity index (χ0) is 27.2. The van der Waals surface area contributed by atoms with Crippen molar-refractivity contribution in [2.45, 2.75) is 201 Å². The molecule has 37 heavy (non-hydrogen) atoms. The Morgan fingerprint density at radius 2 is 0.757 bits per heavy atom. The van der Waals surface area contributed by atoms with E-state index in [0.29, 0.717) is 12.5 Å². The van der Waals surface area contributed by atoms with Crippen LogP contribution in [0.1, 0.15) is 201 Å². The molecule has 222 valence electrons. The summed E-state index contributed by atoms with van der Waals surface area (Å²) in [6.07, 6.45) is 36.2. The third kappa shape index (κ3) is 26.8. The molecule has 0 fully saturated rings. The molecule has 0 bridgehead atoms. The molecule has 0 aliphatic carbocycles. The molecule has 2 unspecified atom stereocenters. The molecule has 0 aliphatic rings. The second-order valence-corrected chi connectivity index (χ2v) is 12.2. The van der Waals surface area contributed by atoms with Gasteiger partial charge in [0.25, 0.3) is 0 Å². The molecule has 0 aromatic rings. The standard InChI is InChI=1S/C35H70O2/c1-5-8-11-14-16-17-18-19-20-21-22-25-28-31-34(30-27-24-15-12-9-6-2)32-37-35(36)33(4)29-26-23-13-10-7-3/h33-34H,5-32H2,1-4H3. The van der Waals surface area contributed by atoms with Gasteiger partial charge < -0.3 is 4.74 Å². The lowest BCUT2D eigenvalue weighted by Crippen LogP contribution is -2.20. The van der Waals surface area contributed by atoms with E-state index in [2.05, 4.69) is 27.7 Å². The van der Waals surface area contributed by atoms with Crippen LogP contribution in [0.15, 0.2) is 0 Å². The molecule has 0 N–H and O–H groups in total. The first-order chi connectivity index (χ1) is 18.2. The number of carbonyl (C=O) groups is 1. The Balaban J connectivity index is 4.04. The van der Waals surface area contributed by atoms with E-state index in [1.54, 1.807) is 0 Å². The number of rotatable bonds is 30. The van der Waals surface area contributed by atoms with Crippen molar-refractivity contribution < 1.29 is 9.53 Å². The van der Waals surface area contributed by atoms with Gasteiger partial charge in [0.15, 0.2) is 0 Å². The Hall–Kier alpha value is -0.530. The minimum atomic E-state index is 0.0498. The van der Waals surface area contributed by atoms with Gasteiger partial charge in [-0.05, 0) is 25.2 Å². The predicted octanol–water partition coefficient (Wildman–Crippen LogP) is 12.4. The number of unbranched alkanes of at least 4 members (excludes halogenated alkanes) is 21. The first-order valence-corrected chi connectivity index (χ1v) is 17.3. The number of ether oxygens (including phenoxy) is 1. The average molecular weight is 523 g/mol. The Kier molecular flexibility index (Phi) is 29.6. The van der Waals surface area contributed by atoms with Gasteiger partial charge in [0, 0.05) is 0 Å². The topological polar surface area (TPSA) is 26.3 Å². The summed E-state index contributed by atoms with van der Waals surface area (Å²) in [5.41, 5.74) is 0. The summed E-state index contributed by atoms with van der Waals surface area (Å²) >= 11 is 0. The average Bonchev–Trinajstić information content (AvgIpc) is 2.90. The largest absolute Gasteiger partial charge is 0.465 e. The second kappa shape index (κ2) is 30.0. The highest BCUT2D eigenvalue weighted by molar-refractivity contribution is 5.71. The van der Waals surface area contributed by atoms with E-state index in [4.69, 9.17) is 4.74 Å². The monoisotopic (exact) mass is 523 g/mol. The van der Waals surface area contributed by atoms with Crippen molar-refractivity contribution in [2.24, 2.45) is 11.8 Å². The molecule has 0 rings (SSSR count). The maximum atomic E-state index is 12.6. The van der Waals surface area contributed by atoms with Gasteiger partial charge in [0.1, 0.15) is 0 Å². The quantitative estimate of drug-likeness (QED) is 0.0692. The van der Waals surface area contributed by atoms with Crippen LogP contribution in [0.5, 0.6) is 0 Å². The van der Waals surface area contributed by atoms with Crippen molar-refractivity contribution in [3.05, 3.63) is 0 Å². The van der Waals surface area contributed by atoms with Crippen LogP contribution >= 0.6 is 0 Å². The van der Waals surface area contributed by atoms with Crippen LogP contribution in [-0.4, -0.2) is 12.6 Å². The first-order valence-electron chi connectivity index (χ1n) is 17.3. The van der Waals surface area contributed by atoms with Crippen LogP contribution in [0.25, 0.3) is 0 Å². The van der Waals surface area contributed by atoms with Crippen LogP contribution in [0.3, 0.4) is 0 Å². The molecule has 0 aromatic carbocycles. The number of hydrogen-bond acceptors (Lipinski definition) is 2. The van der Waals surface area contributed by atoms with Crippen molar-refractivity contribution in [1.82, 2.24) is 0 Å². The van der Waals surface area contributed by atoms with E-state index in [1.807, 2.05) is 0 Å². The van der Waals surface area contributed by atoms with Crippen molar-refractivity contribution in [2.75, 3.05) is 6.61 Å². The summed E-state index contributed by atoms with van der Waals surface area (Å²) < 4.78 is 5.86. The molecule has 0 saturated heterocycles. The van der Waals surface area contributed by atoms with E-state index < -0.39 is 0 Å². The van der Waals surface area contributed by atoms with Crippen LogP contribution in [-0.2, 0) is 9.53 Å². The predicted molar refractivity (Wildman–Crippen MR) is 165 cm³/mol. The van der Waals surface area contributed by atoms with Gasteiger partial charge >= 0.3 is 5.97 Å². The summed E-state index contributed by atoms with van der Waals surface area (Å²) in [4.78, 5) is 12.6. The van der Waals surface area contributed by atoms with Gasteiger partial charge in [0.05, 0.1) is 12.5 Å². The normalized spacial score (nSPS) is 13.1. The molecule has 2 atom stereocenters. The number of hydrogen-bond donors (Lipinski definition) is 0. The van der Waals surface area contributed by atoms with Gasteiger partial charge in [-0.25, -0.2) is 0 Å². The van der Waals surface area contributed by atoms with E-state index in [-0.39, 0.29) is 11.9 Å². The zero-order valence-electron chi connectivity index (χ0n) is 26.3. The Labute approximate surface area is 234 Å². The van der Waals surface area contributed by atoms with Crippen molar-refractivity contribution in [3.8, 4) is 0 Å². The van der Waals surface area contributed by atoms with Gasteiger partial charge in [-0.15, -0.1) is 0 Å². The first kappa shape index (κ1) is 36.5. The highest BCUT2D eigenvalue weighted by atomic mass is 16.5. The Morgan fingerprint density at radius 1 is 0.459 bits per heavy atom. The highest BCUT2D eigenvalue weighted by Gasteiger charge is 2.17. The van der Waals surface area contributed by atoms with Crippen LogP contribution in [0, 0.1) is 11.8 Å². The molecule has 2 heteroatoms. The summed E-state index contributed by atoms with van der Waals surface area (Å²) in [6.45, 7) is 9.55. The van der Waals surface area contributed by atoms with E-state index in [9.17, 15) is 4.79 Å². The fourth-order valence-corrected chi connectivity index (χ4v) is 5.49. The number of esters is 1. The fourth-order valence-electron chi connectivity index (χ4n) is 5.49. The molecular weight excluding hydrogens is 452 g/mol. The lowest BCUT2D eigenvalue weighted by Gasteiger charge is -2.19. The van der Waals surface area contributed by atoms with E-state index in [0.717, 1.165) is 12.8 Å². The molecule has 2 nitrogen and oxygen atoms in total. The lowest BCUT2D eigenvalue weighted by atomic mass is 9.94. The summed E-state index contributed by atoms with van der Waals surface area (Å²) in [5, 5.41) is 0. The van der Waals surface area contributed by atoms with Crippen molar-refractivity contribution >= 4 is 5.97 Å². The van der Waals surface area contributed by atoms with Gasteiger partial charge in [0.2, 0.25) is 0 Å². The highest BCUT2D eigenvalue weighted by Crippen LogP contribution is 2.21. The van der Waals surface area contributed by atoms with Crippen molar-refractivity contribution in [1.29, 1.82) is 0 Å². The maximum Gasteiger partial charge on any atom is 0.308 e. The zero-order valence-corrected chi connectivity index (χ0v) is 26.3. The van der Waals surface area contributed by atoms with Crippen molar-refractivity contribution in [3.63, 3.8) is 0 Å². The van der Waals surface area contributed by atoms with E-state index in [1.165, 1.54) is 161 Å². The molecular formula is C35H70O2. The molecule has 0 aliphatic heterocycles. The van der Waals surface area contributed by atoms with Crippen LogP contribution in [0.2, 0.25) is 0 Å². The van der Waals surface area contributed by atoms with Gasteiger partial charge in [-0.3, -0.25) is 4.79 Å². The third-order valence-electron chi connectivity index (χ3n) is 8.29. The summed E-state index contributed by atoms with van der Waals surface area (Å²) in [6, 6.07) is 0. The fraction of sp³-hybridized carbons (Fsp3) is 0.971. The minimum Gasteiger partial charge on any atom is -0.465 e. The van der Waals surface area contributed by atoms with E-state index >= 15 is 0 Å². The Bertz CT molecular complexity index is 447. The molecule has 0 amide bonds. The van der Waals surface area contributed by atoms with Crippen LogP contribution in [0.4, 0.5) is 0 Å². The third-order valence-corrected chi connectivity index (χ3v) is 8.29. The second-order valence-electron chi connectivity index (χ2n) is 12.2. The molecule has 0 aromatic heterocycles. The molecule has 0 heterocycles. The van der Waals surface area contributed by atoms with Crippen LogP contribution < -0.4 is 0 Å². The summed E-state index contributed by atoms with van der Waals surface area (Å²) in [5.74, 6) is 0.682.